The van der Waals surface area contributed by atoms with Crippen molar-refractivity contribution < 1.29 is 4.79 Å². The second-order valence-electron chi connectivity index (χ2n) is 5.84. The van der Waals surface area contributed by atoms with Crippen LogP contribution in [0.15, 0.2) is 41.8 Å². The molecule has 1 aromatic heterocycles. The summed E-state index contributed by atoms with van der Waals surface area (Å²) in [6.07, 6.45) is 1.69. The minimum Gasteiger partial charge on any atom is -0.339 e. The van der Waals surface area contributed by atoms with Gasteiger partial charge in [0.2, 0.25) is 5.91 Å². The average molecular weight is 345 g/mol. The third-order valence-electron chi connectivity index (χ3n) is 4.31. The number of piperazine rings is 1. The monoisotopic (exact) mass is 345 g/mol. The molecule has 1 aliphatic rings. The number of nitrogens with zero attached hydrogens (tertiary/aromatic N) is 5. The van der Waals surface area contributed by atoms with E-state index >= 15 is 0 Å². The van der Waals surface area contributed by atoms with Gasteiger partial charge < -0.3 is 9.80 Å². The molecule has 0 spiro atoms. The molecular weight excluding hydrogens is 322 g/mol. The Labute approximate surface area is 146 Å². The predicted octanol–water partition coefficient (Wildman–Crippen LogP) is 1.91. The predicted molar refractivity (Wildman–Crippen MR) is 95.4 cm³/mol. The summed E-state index contributed by atoms with van der Waals surface area (Å²) < 4.78 is 1.92. The first-order valence-corrected chi connectivity index (χ1v) is 9.20. The van der Waals surface area contributed by atoms with Crippen LogP contribution >= 0.6 is 11.8 Å². The van der Waals surface area contributed by atoms with E-state index in [4.69, 9.17) is 0 Å². The fraction of sp³-hybridized carbons (Fsp3) is 0.471. The van der Waals surface area contributed by atoms with E-state index in [0.717, 1.165) is 43.6 Å². The van der Waals surface area contributed by atoms with E-state index in [1.807, 2.05) is 46.7 Å². The van der Waals surface area contributed by atoms with E-state index < -0.39 is 0 Å². The smallest absolute Gasteiger partial charge is 0.235 e. The lowest BCUT2D eigenvalue weighted by Gasteiger charge is -2.35. The zero-order valence-electron chi connectivity index (χ0n) is 14.1. The van der Waals surface area contributed by atoms with Gasteiger partial charge in [-0.05, 0) is 25.6 Å². The summed E-state index contributed by atoms with van der Waals surface area (Å²) in [5.74, 6) is 0.179. The van der Waals surface area contributed by atoms with Crippen molar-refractivity contribution in [1.29, 1.82) is 0 Å². The van der Waals surface area contributed by atoms with Gasteiger partial charge in [-0.25, -0.2) is 0 Å². The number of carbonyl (C=O) groups excluding carboxylic acids is 1. The number of amides is 1. The average Bonchev–Trinajstić information content (AvgIpc) is 3.10. The number of likely N-dealkylation sites (N-methyl/N-ethyl adjacent to an activating group) is 1. The molecule has 0 N–H and O–H groups in total. The molecule has 1 amide bonds. The van der Waals surface area contributed by atoms with E-state index in [2.05, 4.69) is 22.0 Å². The first-order chi connectivity index (χ1) is 11.7. The highest BCUT2D eigenvalue weighted by atomic mass is 32.2. The van der Waals surface area contributed by atoms with Crippen molar-refractivity contribution in [2.45, 2.75) is 24.3 Å². The Kier molecular flexibility index (Phi) is 5.52. The van der Waals surface area contributed by atoms with Gasteiger partial charge in [0.1, 0.15) is 6.33 Å². The number of benzene rings is 1. The summed E-state index contributed by atoms with van der Waals surface area (Å²) in [7, 11) is 0. The first-order valence-electron chi connectivity index (χ1n) is 8.32. The quantitative estimate of drug-likeness (QED) is 0.775. The van der Waals surface area contributed by atoms with Crippen LogP contribution in [0.5, 0.6) is 0 Å². The van der Waals surface area contributed by atoms with E-state index in [9.17, 15) is 4.79 Å². The molecule has 0 bridgehead atoms. The standard InChI is InChI=1S/C17H23N5OS/c1-3-20-9-11-21(12-10-20)16(23)14(2)24-17-19-18-13-22(17)15-7-5-4-6-8-15/h4-8,13-14H,3,9-12H2,1-2H3. The molecule has 0 radical (unpaired) electrons. The Morgan fingerprint density at radius 1 is 1.21 bits per heavy atom. The Morgan fingerprint density at radius 3 is 2.58 bits per heavy atom. The van der Waals surface area contributed by atoms with E-state index in [1.165, 1.54) is 11.8 Å². The zero-order chi connectivity index (χ0) is 16.9. The minimum absolute atomic E-state index is 0.176. The Hall–Kier alpha value is -1.86. The molecule has 24 heavy (non-hydrogen) atoms. The first kappa shape index (κ1) is 17.0. The van der Waals surface area contributed by atoms with E-state index in [-0.39, 0.29) is 11.2 Å². The molecule has 1 fully saturated rings. The van der Waals surface area contributed by atoms with Crippen LogP contribution in [-0.4, -0.2) is 68.4 Å². The van der Waals surface area contributed by atoms with Crippen LogP contribution in [0.3, 0.4) is 0 Å². The van der Waals surface area contributed by atoms with Gasteiger partial charge >= 0.3 is 0 Å². The van der Waals surface area contributed by atoms with E-state index in [1.54, 1.807) is 6.33 Å². The maximum Gasteiger partial charge on any atom is 0.235 e. The summed E-state index contributed by atoms with van der Waals surface area (Å²) in [5, 5.41) is 8.76. The highest BCUT2D eigenvalue weighted by Gasteiger charge is 2.26. The summed E-state index contributed by atoms with van der Waals surface area (Å²) in [4.78, 5) is 17.0. The van der Waals surface area contributed by atoms with Gasteiger partial charge in [-0.3, -0.25) is 9.36 Å². The second-order valence-corrected chi connectivity index (χ2v) is 7.15. The lowest BCUT2D eigenvalue weighted by atomic mass is 10.3. The largest absolute Gasteiger partial charge is 0.339 e. The maximum atomic E-state index is 12.7. The Morgan fingerprint density at radius 2 is 1.92 bits per heavy atom. The molecule has 1 saturated heterocycles. The maximum absolute atomic E-state index is 12.7. The molecule has 1 unspecified atom stereocenters. The Balaban J connectivity index is 1.64. The molecule has 2 aromatic rings. The fourth-order valence-electron chi connectivity index (χ4n) is 2.82. The fourth-order valence-corrected chi connectivity index (χ4v) is 3.75. The van der Waals surface area contributed by atoms with Crippen LogP contribution in [0.1, 0.15) is 13.8 Å². The number of thioether (sulfide) groups is 1. The number of aromatic nitrogens is 3. The molecule has 2 heterocycles. The topological polar surface area (TPSA) is 54.3 Å². The lowest BCUT2D eigenvalue weighted by Crippen LogP contribution is -2.50. The minimum atomic E-state index is -0.176. The molecule has 128 valence electrons. The molecular formula is C17H23N5OS. The molecule has 0 aliphatic carbocycles. The third-order valence-corrected chi connectivity index (χ3v) is 5.36. The molecule has 1 atom stereocenters. The van der Waals surface area contributed by atoms with Crippen LogP contribution in [0.25, 0.3) is 5.69 Å². The van der Waals surface area contributed by atoms with Crippen molar-refractivity contribution in [3.05, 3.63) is 36.7 Å². The van der Waals surface area contributed by atoms with Gasteiger partial charge in [-0.15, -0.1) is 10.2 Å². The number of rotatable bonds is 5. The van der Waals surface area contributed by atoms with Gasteiger partial charge in [0.25, 0.3) is 0 Å². The molecule has 3 rings (SSSR count). The van der Waals surface area contributed by atoms with Crippen LogP contribution in [0.2, 0.25) is 0 Å². The van der Waals surface area contributed by atoms with Gasteiger partial charge in [-0.1, -0.05) is 36.9 Å². The van der Waals surface area contributed by atoms with Crippen LogP contribution in [0.4, 0.5) is 0 Å². The van der Waals surface area contributed by atoms with Crippen molar-refractivity contribution in [1.82, 2.24) is 24.6 Å². The normalized spacial score (nSPS) is 17.0. The zero-order valence-corrected chi connectivity index (χ0v) is 14.9. The summed E-state index contributed by atoms with van der Waals surface area (Å²) in [5.41, 5.74) is 1.00. The number of hydrogen-bond acceptors (Lipinski definition) is 5. The van der Waals surface area contributed by atoms with Gasteiger partial charge in [0, 0.05) is 31.9 Å². The summed E-state index contributed by atoms with van der Waals surface area (Å²) >= 11 is 1.46. The number of para-hydroxylation sites is 1. The van der Waals surface area contributed by atoms with Crippen LogP contribution in [-0.2, 0) is 4.79 Å². The lowest BCUT2D eigenvalue weighted by molar-refractivity contribution is -0.132. The van der Waals surface area contributed by atoms with E-state index in [0.29, 0.717) is 0 Å². The second kappa shape index (κ2) is 7.81. The summed E-state index contributed by atoms with van der Waals surface area (Å²) in [6.45, 7) is 8.69. The van der Waals surface area contributed by atoms with Crippen molar-refractivity contribution >= 4 is 17.7 Å². The van der Waals surface area contributed by atoms with Crippen molar-refractivity contribution in [3.8, 4) is 5.69 Å². The third kappa shape index (κ3) is 3.79. The molecule has 0 saturated carbocycles. The van der Waals surface area contributed by atoms with Gasteiger partial charge in [0.15, 0.2) is 5.16 Å². The number of carbonyl (C=O) groups is 1. The van der Waals surface area contributed by atoms with Crippen molar-refractivity contribution in [2.75, 3.05) is 32.7 Å². The van der Waals surface area contributed by atoms with Gasteiger partial charge in [-0.2, -0.15) is 0 Å². The van der Waals surface area contributed by atoms with Crippen LogP contribution in [0, 0.1) is 0 Å². The molecule has 7 heteroatoms. The highest BCUT2D eigenvalue weighted by molar-refractivity contribution is 8.00. The molecule has 1 aromatic carbocycles. The number of hydrogen-bond donors (Lipinski definition) is 0. The highest BCUT2D eigenvalue weighted by Crippen LogP contribution is 2.25. The molecule has 1 aliphatic heterocycles. The SMILES string of the molecule is CCN1CCN(C(=O)C(C)Sc2nncn2-c2ccccc2)CC1. The summed E-state index contributed by atoms with van der Waals surface area (Å²) in [6, 6.07) is 9.94. The van der Waals surface area contributed by atoms with Crippen molar-refractivity contribution in [3.63, 3.8) is 0 Å². The van der Waals surface area contributed by atoms with Gasteiger partial charge in [0.05, 0.1) is 5.25 Å². The van der Waals surface area contributed by atoms with Crippen molar-refractivity contribution in [2.24, 2.45) is 0 Å². The van der Waals surface area contributed by atoms with Crippen LogP contribution < -0.4 is 0 Å². The molecule has 6 nitrogen and oxygen atoms in total. The Bertz CT molecular complexity index is 667.